The van der Waals surface area contributed by atoms with E-state index in [1.54, 1.807) is 38.1 Å². The maximum absolute atomic E-state index is 11.9. The summed E-state index contributed by atoms with van der Waals surface area (Å²) < 4.78 is 10.9. The number of methoxy groups -OCH3 is 1. The first kappa shape index (κ1) is 15.5. The normalized spacial score (nSPS) is 10.5. The standard InChI is InChI=1S/C14H16N4O4/c1-8(2)22-13(19)9-5-4-6-10(7-9)18-12(15)11(16-17-18)14(20)21-3/h4-8H,15H2,1-3H3. The molecule has 2 aromatic rings. The molecule has 0 saturated carbocycles. The predicted molar refractivity (Wildman–Crippen MR) is 77.7 cm³/mol. The second-order valence-corrected chi connectivity index (χ2v) is 4.73. The second kappa shape index (κ2) is 6.25. The molecule has 22 heavy (non-hydrogen) atoms. The maximum Gasteiger partial charge on any atom is 0.362 e. The molecule has 0 fully saturated rings. The lowest BCUT2D eigenvalue weighted by Gasteiger charge is -2.09. The van der Waals surface area contributed by atoms with E-state index in [0.717, 1.165) is 0 Å². The minimum Gasteiger partial charge on any atom is -0.464 e. The van der Waals surface area contributed by atoms with E-state index in [4.69, 9.17) is 10.5 Å². The molecule has 1 heterocycles. The average Bonchev–Trinajstić information content (AvgIpc) is 2.87. The zero-order valence-electron chi connectivity index (χ0n) is 12.4. The van der Waals surface area contributed by atoms with Crippen LogP contribution in [0.4, 0.5) is 5.82 Å². The topological polar surface area (TPSA) is 109 Å². The lowest BCUT2D eigenvalue weighted by atomic mass is 10.2. The largest absolute Gasteiger partial charge is 0.464 e. The van der Waals surface area contributed by atoms with Gasteiger partial charge >= 0.3 is 11.9 Å². The number of ether oxygens (including phenoxy) is 2. The van der Waals surface area contributed by atoms with Crippen molar-refractivity contribution in [3.8, 4) is 5.69 Å². The molecule has 0 aliphatic carbocycles. The summed E-state index contributed by atoms with van der Waals surface area (Å²) in [5.41, 5.74) is 6.59. The number of anilines is 1. The van der Waals surface area contributed by atoms with E-state index in [2.05, 4.69) is 15.0 Å². The Balaban J connectivity index is 2.36. The van der Waals surface area contributed by atoms with E-state index in [1.807, 2.05) is 0 Å². The number of rotatable bonds is 4. The lowest BCUT2D eigenvalue weighted by Crippen LogP contribution is -2.12. The zero-order chi connectivity index (χ0) is 16.3. The van der Waals surface area contributed by atoms with Crippen LogP contribution in [0, 0.1) is 0 Å². The van der Waals surface area contributed by atoms with Crippen LogP contribution in [0.5, 0.6) is 0 Å². The van der Waals surface area contributed by atoms with Crippen LogP contribution in [0.15, 0.2) is 24.3 Å². The third-order valence-electron chi connectivity index (χ3n) is 2.75. The first-order valence-corrected chi connectivity index (χ1v) is 6.55. The Kier molecular flexibility index (Phi) is 4.40. The van der Waals surface area contributed by atoms with E-state index in [-0.39, 0.29) is 17.6 Å². The molecule has 0 unspecified atom stereocenters. The lowest BCUT2D eigenvalue weighted by molar-refractivity contribution is 0.0377. The van der Waals surface area contributed by atoms with Crippen molar-refractivity contribution in [2.75, 3.05) is 12.8 Å². The van der Waals surface area contributed by atoms with Crippen molar-refractivity contribution in [2.45, 2.75) is 20.0 Å². The monoisotopic (exact) mass is 304 g/mol. The summed E-state index contributed by atoms with van der Waals surface area (Å²) in [7, 11) is 1.23. The molecule has 8 nitrogen and oxygen atoms in total. The fraction of sp³-hybridized carbons (Fsp3) is 0.286. The highest BCUT2D eigenvalue weighted by Gasteiger charge is 2.19. The quantitative estimate of drug-likeness (QED) is 0.845. The summed E-state index contributed by atoms with van der Waals surface area (Å²) in [6.45, 7) is 3.53. The summed E-state index contributed by atoms with van der Waals surface area (Å²) in [5, 5.41) is 7.49. The van der Waals surface area contributed by atoms with Gasteiger partial charge in [0.1, 0.15) is 0 Å². The molecule has 0 spiro atoms. The van der Waals surface area contributed by atoms with Gasteiger partial charge in [-0.05, 0) is 32.0 Å². The summed E-state index contributed by atoms with van der Waals surface area (Å²) >= 11 is 0. The Hall–Kier alpha value is -2.90. The molecule has 0 bridgehead atoms. The van der Waals surface area contributed by atoms with Gasteiger partial charge in [0.05, 0.1) is 24.5 Å². The van der Waals surface area contributed by atoms with E-state index in [9.17, 15) is 9.59 Å². The summed E-state index contributed by atoms with van der Waals surface area (Å²) in [4.78, 5) is 23.4. The van der Waals surface area contributed by atoms with Crippen molar-refractivity contribution in [3.63, 3.8) is 0 Å². The van der Waals surface area contributed by atoms with Crippen LogP contribution >= 0.6 is 0 Å². The maximum atomic E-state index is 11.9. The first-order valence-electron chi connectivity index (χ1n) is 6.55. The van der Waals surface area contributed by atoms with Gasteiger partial charge in [0, 0.05) is 0 Å². The second-order valence-electron chi connectivity index (χ2n) is 4.73. The summed E-state index contributed by atoms with van der Waals surface area (Å²) in [6.07, 6.45) is -0.224. The van der Waals surface area contributed by atoms with Crippen LogP contribution in [-0.2, 0) is 9.47 Å². The highest BCUT2D eigenvalue weighted by atomic mass is 16.5. The van der Waals surface area contributed by atoms with Gasteiger partial charge in [-0.25, -0.2) is 9.59 Å². The third-order valence-corrected chi connectivity index (χ3v) is 2.75. The molecule has 0 aliphatic heterocycles. The fourth-order valence-electron chi connectivity index (χ4n) is 1.77. The van der Waals surface area contributed by atoms with Gasteiger partial charge in [-0.1, -0.05) is 11.3 Å². The van der Waals surface area contributed by atoms with Crippen molar-refractivity contribution in [1.82, 2.24) is 15.0 Å². The van der Waals surface area contributed by atoms with E-state index < -0.39 is 11.9 Å². The van der Waals surface area contributed by atoms with Crippen molar-refractivity contribution in [1.29, 1.82) is 0 Å². The van der Waals surface area contributed by atoms with Gasteiger partial charge in [0.25, 0.3) is 0 Å². The van der Waals surface area contributed by atoms with Crippen molar-refractivity contribution < 1.29 is 19.1 Å². The molecule has 0 amide bonds. The number of nitrogens with two attached hydrogens (primary N) is 1. The minimum absolute atomic E-state index is 0.0289. The van der Waals surface area contributed by atoms with Crippen LogP contribution in [0.25, 0.3) is 5.69 Å². The number of nitrogens with zero attached hydrogens (tertiary/aromatic N) is 3. The fourth-order valence-corrected chi connectivity index (χ4v) is 1.77. The van der Waals surface area contributed by atoms with Gasteiger partial charge in [-0.2, -0.15) is 4.68 Å². The molecular formula is C14H16N4O4. The molecule has 1 aromatic carbocycles. The van der Waals surface area contributed by atoms with Crippen LogP contribution < -0.4 is 5.73 Å². The number of hydrogen-bond acceptors (Lipinski definition) is 7. The molecule has 0 aliphatic rings. The predicted octanol–water partition coefficient (Wildman–Crippen LogP) is 1.20. The smallest absolute Gasteiger partial charge is 0.362 e. The number of aromatic nitrogens is 3. The van der Waals surface area contributed by atoms with Gasteiger partial charge in [-0.3, -0.25) is 0 Å². The van der Waals surface area contributed by atoms with Crippen LogP contribution in [0.3, 0.4) is 0 Å². The Labute approximate surface area is 126 Å². The zero-order valence-corrected chi connectivity index (χ0v) is 12.4. The van der Waals surface area contributed by atoms with Crippen LogP contribution in [0.2, 0.25) is 0 Å². The molecule has 116 valence electrons. The number of esters is 2. The molecule has 0 radical (unpaired) electrons. The third kappa shape index (κ3) is 3.05. The van der Waals surface area contributed by atoms with Crippen molar-refractivity contribution >= 4 is 17.8 Å². The van der Waals surface area contributed by atoms with Crippen molar-refractivity contribution in [3.05, 3.63) is 35.5 Å². The van der Waals surface area contributed by atoms with Crippen LogP contribution in [0.1, 0.15) is 34.7 Å². The van der Waals surface area contributed by atoms with Gasteiger partial charge in [0.15, 0.2) is 5.82 Å². The number of benzene rings is 1. The van der Waals surface area contributed by atoms with Crippen molar-refractivity contribution in [2.24, 2.45) is 0 Å². The molecule has 2 rings (SSSR count). The molecule has 1 aromatic heterocycles. The minimum atomic E-state index is -0.681. The van der Waals surface area contributed by atoms with E-state index >= 15 is 0 Å². The van der Waals surface area contributed by atoms with Gasteiger partial charge < -0.3 is 15.2 Å². The molecule has 0 saturated heterocycles. The van der Waals surface area contributed by atoms with Crippen LogP contribution in [-0.4, -0.2) is 40.1 Å². The Morgan fingerprint density at radius 3 is 2.64 bits per heavy atom. The summed E-state index contributed by atoms with van der Waals surface area (Å²) in [5.74, 6) is -1.11. The Morgan fingerprint density at radius 1 is 1.27 bits per heavy atom. The number of nitrogen functional groups attached to an aromatic ring is 1. The molecular weight excluding hydrogens is 288 g/mol. The molecule has 8 heteroatoms. The van der Waals surface area contributed by atoms with E-state index in [1.165, 1.54) is 11.8 Å². The SMILES string of the molecule is COC(=O)c1nnn(-c2cccc(C(=O)OC(C)C)c2)c1N. The highest BCUT2D eigenvalue weighted by molar-refractivity contribution is 5.92. The van der Waals surface area contributed by atoms with Gasteiger partial charge in [0.2, 0.25) is 5.69 Å². The van der Waals surface area contributed by atoms with E-state index in [0.29, 0.717) is 11.3 Å². The number of carbonyl (C=O) groups is 2. The number of carbonyl (C=O) groups excluding carboxylic acids is 2. The summed E-state index contributed by atoms with van der Waals surface area (Å²) in [6, 6.07) is 6.50. The highest BCUT2D eigenvalue weighted by Crippen LogP contribution is 2.17. The Bertz CT molecular complexity index is 709. The Morgan fingerprint density at radius 2 is 2.00 bits per heavy atom. The molecule has 2 N–H and O–H groups in total. The first-order chi connectivity index (χ1) is 10.4. The average molecular weight is 304 g/mol. The molecule has 0 atom stereocenters. The van der Waals surface area contributed by atoms with Gasteiger partial charge in [-0.15, -0.1) is 5.10 Å². The number of hydrogen-bond donors (Lipinski definition) is 1.